The molecular weight excluding hydrogens is 240 g/mol. The van der Waals surface area contributed by atoms with E-state index in [4.69, 9.17) is 0 Å². The van der Waals surface area contributed by atoms with Crippen LogP contribution in [-0.2, 0) is 16.0 Å². The van der Waals surface area contributed by atoms with Crippen molar-refractivity contribution in [2.75, 3.05) is 11.9 Å². The van der Waals surface area contributed by atoms with Gasteiger partial charge in [0.1, 0.15) is 0 Å². The first-order chi connectivity index (χ1) is 9.02. The van der Waals surface area contributed by atoms with Gasteiger partial charge in [-0.15, -0.1) is 0 Å². The van der Waals surface area contributed by atoms with Gasteiger partial charge in [-0.1, -0.05) is 32.9 Å². The highest BCUT2D eigenvalue weighted by molar-refractivity contribution is 6.39. The monoisotopic (exact) mass is 262 g/mol. The van der Waals surface area contributed by atoms with Gasteiger partial charge in [0, 0.05) is 12.2 Å². The fraction of sp³-hybridized carbons (Fsp3) is 0.467. The summed E-state index contributed by atoms with van der Waals surface area (Å²) in [5.74, 6) is -0.696. The van der Waals surface area contributed by atoms with Crippen molar-refractivity contribution in [3.05, 3.63) is 29.8 Å². The van der Waals surface area contributed by atoms with E-state index < -0.39 is 11.8 Å². The minimum absolute atomic E-state index is 0.505. The largest absolute Gasteiger partial charge is 0.348 e. The number of aryl methyl sites for hydroxylation is 1. The quantitative estimate of drug-likeness (QED) is 0.800. The molecule has 0 atom stereocenters. The Hall–Kier alpha value is -1.84. The molecule has 1 aromatic carbocycles. The number of anilines is 1. The number of hydrogen-bond acceptors (Lipinski definition) is 2. The van der Waals surface area contributed by atoms with Gasteiger partial charge >= 0.3 is 11.8 Å². The predicted octanol–water partition coefficient (Wildman–Crippen LogP) is 2.35. The summed E-state index contributed by atoms with van der Waals surface area (Å²) in [6.45, 7) is 6.73. The van der Waals surface area contributed by atoms with Gasteiger partial charge < -0.3 is 10.6 Å². The standard InChI is InChI=1S/C15H22N2O2/c1-4-12-5-7-13(8-6-12)17-15(19)14(18)16-10-9-11(2)3/h5-8,11H,4,9-10H2,1-3H3,(H,16,18)(H,17,19). The first-order valence-corrected chi connectivity index (χ1v) is 6.71. The van der Waals surface area contributed by atoms with Crippen molar-refractivity contribution in [1.82, 2.24) is 5.32 Å². The van der Waals surface area contributed by atoms with E-state index in [9.17, 15) is 9.59 Å². The molecule has 2 amide bonds. The number of rotatable bonds is 5. The van der Waals surface area contributed by atoms with Crippen molar-refractivity contribution in [2.45, 2.75) is 33.6 Å². The van der Waals surface area contributed by atoms with E-state index >= 15 is 0 Å². The van der Waals surface area contributed by atoms with E-state index in [2.05, 4.69) is 31.4 Å². The van der Waals surface area contributed by atoms with E-state index in [1.54, 1.807) is 12.1 Å². The Morgan fingerprint density at radius 2 is 1.74 bits per heavy atom. The van der Waals surface area contributed by atoms with Crippen molar-refractivity contribution < 1.29 is 9.59 Å². The number of carbonyl (C=O) groups excluding carboxylic acids is 2. The third-order valence-electron chi connectivity index (χ3n) is 2.83. The highest BCUT2D eigenvalue weighted by Crippen LogP contribution is 2.09. The van der Waals surface area contributed by atoms with Crippen molar-refractivity contribution >= 4 is 17.5 Å². The lowest BCUT2D eigenvalue weighted by molar-refractivity contribution is -0.136. The van der Waals surface area contributed by atoms with Gasteiger partial charge in [0.05, 0.1) is 0 Å². The van der Waals surface area contributed by atoms with Crippen LogP contribution in [-0.4, -0.2) is 18.4 Å². The molecule has 19 heavy (non-hydrogen) atoms. The molecule has 1 aromatic rings. The van der Waals surface area contributed by atoms with Gasteiger partial charge in [-0.3, -0.25) is 9.59 Å². The molecule has 4 nitrogen and oxygen atoms in total. The summed E-state index contributed by atoms with van der Waals surface area (Å²) in [5, 5.41) is 5.19. The van der Waals surface area contributed by atoms with Crippen LogP contribution in [0.2, 0.25) is 0 Å². The molecule has 0 unspecified atom stereocenters. The number of amides is 2. The molecule has 4 heteroatoms. The first kappa shape index (κ1) is 15.2. The summed E-state index contributed by atoms with van der Waals surface area (Å²) < 4.78 is 0. The molecule has 104 valence electrons. The summed E-state index contributed by atoms with van der Waals surface area (Å²) in [6.07, 6.45) is 1.81. The molecule has 0 spiro atoms. The summed E-state index contributed by atoms with van der Waals surface area (Å²) in [7, 11) is 0. The Morgan fingerprint density at radius 3 is 2.26 bits per heavy atom. The molecule has 1 rings (SSSR count). The minimum Gasteiger partial charge on any atom is -0.348 e. The third-order valence-corrected chi connectivity index (χ3v) is 2.83. The van der Waals surface area contributed by atoms with Gasteiger partial charge in [0.2, 0.25) is 0 Å². The van der Waals surface area contributed by atoms with Crippen molar-refractivity contribution in [2.24, 2.45) is 5.92 Å². The second-order valence-corrected chi connectivity index (χ2v) is 4.94. The van der Waals surface area contributed by atoms with Crippen LogP contribution in [0.3, 0.4) is 0 Å². The Bertz CT molecular complexity index is 424. The molecule has 0 saturated heterocycles. The van der Waals surface area contributed by atoms with Crippen molar-refractivity contribution in [3.8, 4) is 0 Å². The normalized spacial score (nSPS) is 10.3. The lowest BCUT2D eigenvalue weighted by atomic mass is 10.1. The smallest absolute Gasteiger partial charge is 0.313 e. The van der Waals surface area contributed by atoms with Gasteiger partial charge in [-0.25, -0.2) is 0 Å². The lowest BCUT2D eigenvalue weighted by Crippen LogP contribution is -2.36. The highest BCUT2D eigenvalue weighted by atomic mass is 16.2. The number of nitrogens with one attached hydrogen (secondary N) is 2. The summed E-state index contributed by atoms with van der Waals surface area (Å²) in [4.78, 5) is 23.1. The molecule has 0 aromatic heterocycles. The predicted molar refractivity (Wildman–Crippen MR) is 76.9 cm³/mol. The Labute approximate surface area is 114 Å². The van der Waals surface area contributed by atoms with E-state index in [-0.39, 0.29) is 0 Å². The molecule has 0 bridgehead atoms. The SMILES string of the molecule is CCc1ccc(NC(=O)C(=O)NCCC(C)C)cc1. The summed E-state index contributed by atoms with van der Waals surface area (Å²) in [5.41, 5.74) is 1.83. The zero-order valence-electron chi connectivity index (χ0n) is 11.8. The van der Waals surface area contributed by atoms with Crippen LogP contribution in [0.25, 0.3) is 0 Å². The maximum absolute atomic E-state index is 11.6. The molecule has 0 radical (unpaired) electrons. The van der Waals surface area contributed by atoms with Crippen LogP contribution >= 0.6 is 0 Å². The van der Waals surface area contributed by atoms with E-state index in [1.807, 2.05) is 12.1 Å². The molecule has 0 aliphatic rings. The van der Waals surface area contributed by atoms with E-state index in [1.165, 1.54) is 5.56 Å². The fourth-order valence-corrected chi connectivity index (χ4v) is 1.57. The molecule has 2 N–H and O–H groups in total. The third kappa shape index (κ3) is 5.55. The van der Waals surface area contributed by atoms with E-state index in [0.717, 1.165) is 12.8 Å². The maximum Gasteiger partial charge on any atom is 0.313 e. The molecule has 0 heterocycles. The van der Waals surface area contributed by atoms with Crippen LogP contribution in [0.15, 0.2) is 24.3 Å². The van der Waals surface area contributed by atoms with Crippen LogP contribution < -0.4 is 10.6 Å². The zero-order chi connectivity index (χ0) is 14.3. The Balaban J connectivity index is 2.42. The average molecular weight is 262 g/mol. The van der Waals surface area contributed by atoms with Crippen LogP contribution in [0, 0.1) is 5.92 Å². The molecule has 0 fully saturated rings. The first-order valence-electron chi connectivity index (χ1n) is 6.71. The van der Waals surface area contributed by atoms with Gasteiger partial charge in [-0.05, 0) is 36.5 Å². The van der Waals surface area contributed by atoms with Crippen LogP contribution in [0.4, 0.5) is 5.69 Å². The van der Waals surface area contributed by atoms with E-state index in [0.29, 0.717) is 18.2 Å². The second-order valence-electron chi connectivity index (χ2n) is 4.94. The van der Waals surface area contributed by atoms with Crippen LogP contribution in [0.5, 0.6) is 0 Å². The topological polar surface area (TPSA) is 58.2 Å². The Morgan fingerprint density at radius 1 is 1.11 bits per heavy atom. The van der Waals surface area contributed by atoms with Gasteiger partial charge in [-0.2, -0.15) is 0 Å². The second kappa shape index (κ2) is 7.56. The molecular formula is C15H22N2O2. The average Bonchev–Trinajstić information content (AvgIpc) is 2.39. The lowest BCUT2D eigenvalue weighted by Gasteiger charge is -2.08. The molecule has 0 saturated carbocycles. The van der Waals surface area contributed by atoms with Crippen molar-refractivity contribution in [1.29, 1.82) is 0 Å². The highest BCUT2D eigenvalue weighted by Gasteiger charge is 2.12. The number of hydrogen-bond donors (Lipinski definition) is 2. The number of carbonyl (C=O) groups is 2. The van der Waals surface area contributed by atoms with Gasteiger partial charge in [0.15, 0.2) is 0 Å². The molecule has 0 aliphatic heterocycles. The van der Waals surface area contributed by atoms with Gasteiger partial charge in [0.25, 0.3) is 0 Å². The maximum atomic E-state index is 11.6. The number of benzene rings is 1. The minimum atomic E-state index is -0.618. The molecule has 0 aliphatic carbocycles. The van der Waals surface area contributed by atoms with Crippen molar-refractivity contribution in [3.63, 3.8) is 0 Å². The Kier molecular flexibility index (Phi) is 6.06. The zero-order valence-corrected chi connectivity index (χ0v) is 11.8. The summed E-state index contributed by atoms with van der Waals surface area (Å²) in [6, 6.07) is 7.48. The van der Waals surface area contributed by atoms with Crippen LogP contribution in [0.1, 0.15) is 32.8 Å². The fourth-order valence-electron chi connectivity index (χ4n) is 1.57. The summed E-state index contributed by atoms with van der Waals surface area (Å²) >= 11 is 0.